The number of hydrogen-bond donors (Lipinski definition) is 4. The molecule has 5 aromatic rings. The average molecular weight is 929 g/mol. The van der Waals surface area contributed by atoms with E-state index in [0.717, 1.165) is 51.9 Å². The number of carboxylic acid groups (broad SMARTS) is 2. The Hall–Kier alpha value is -6.97. The van der Waals surface area contributed by atoms with Crippen LogP contribution in [0.5, 0.6) is 0 Å². The van der Waals surface area contributed by atoms with Crippen molar-refractivity contribution >= 4 is 29.4 Å². The van der Waals surface area contributed by atoms with Gasteiger partial charge in [0, 0.05) is 79.6 Å². The minimum atomic E-state index is -1.11. The van der Waals surface area contributed by atoms with Crippen molar-refractivity contribution in [3.8, 4) is 11.1 Å². The van der Waals surface area contributed by atoms with E-state index in [4.69, 9.17) is 0 Å². The van der Waals surface area contributed by atoms with Crippen molar-refractivity contribution in [3.05, 3.63) is 140 Å². The molecule has 0 bridgehead atoms. The first-order valence-electron chi connectivity index (χ1n) is 23.3. The predicted molar refractivity (Wildman–Crippen MR) is 259 cm³/mol. The molecule has 0 spiro atoms. The Morgan fingerprint density at radius 3 is 1.74 bits per heavy atom. The van der Waals surface area contributed by atoms with Crippen molar-refractivity contribution in [2.75, 3.05) is 11.4 Å². The predicted octanol–water partition coefficient (Wildman–Crippen LogP) is 7.40. The van der Waals surface area contributed by atoms with Gasteiger partial charge in [-0.05, 0) is 128 Å². The van der Waals surface area contributed by atoms with E-state index < -0.39 is 60.8 Å². The van der Waals surface area contributed by atoms with E-state index in [1.54, 1.807) is 68.6 Å². The maximum absolute atomic E-state index is 14.3. The Bertz CT molecular complexity index is 2730. The standard InChI is InChI=1S/C52H64N8O8/c1-30(2)16-44(59-14-11-32(5)18-46(59)61)51(67)57-43(23-49(65)66)38-20-40(29-55-27-38)58-13-9-10-41(35(58)8)36-12-15-60(47(62)21-36)45(17-31(3)4)52(68)56-42(22-48(63)64)37-19-39(28-54-26-37)50-33(6)24-53-25-34(50)7/h11-12,14-15,18-21,24-31,35,41-45H,9-10,13,16-17,22-23H2,1-8H3,(H,56,68)(H,57,67)(H,63,64)(H,65,66)/t35-,41?,42-,43-,44-,45-/m0/s1. The summed E-state index contributed by atoms with van der Waals surface area (Å²) < 4.78 is 2.82. The Labute approximate surface area is 396 Å². The Kier molecular flexibility index (Phi) is 16.5. The highest BCUT2D eigenvalue weighted by Crippen LogP contribution is 2.36. The van der Waals surface area contributed by atoms with Crippen LogP contribution >= 0.6 is 0 Å². The fraction of sp³-hybridized carbons (Fsp3) is 0.442. The molecular formula is C52H64N8O8. The van der Waals surface area contributed by atoms with E-state index in [1.165, 1.54) is 15.2 Å². The lowest BCUT2D eigenvalue weighted by atomic mass is 9.84. The summed E-state index contributed by atoms with van der Waals surface area (Å²) in [6, 6.07) is 6.56. The number of aromatic nitrogens is 5. The molecule has 6 rings (SSSR count). The topological polar surface area (TPSA) is 219 Å². The number of anilines is 1. The maximum atomic E-state index is 14.3. The molecule has 1 unspecified atom stereocenters. The number of carboxylic acids is 2. The second-order valence-electron chi connectivity index (χ2n) is 19.1. The SMILES string of the molecule is Cc1ccn([C@@H](CC(C)C)C(=O)N[C@@H](CC(=O)O)c2cncc(N3CCCC(c4ccn([C@@H](CC(C)C)C(=O)N[C@@H](CC(=O)O)c5cncc(-c6c(C)cncc6C)c5)c(=O)c4)[C@@H]3C)c2)c(=O)c1. The summed E-state index contributed by atoms with van der Waals surface area (Å²) >= 11 is 0. The fourth-order valence-corrected chi connectivity index (χ4v) is 9.50. The summed E-state index contributed by atoms with van der Waals surface area (Å²) in [5.74, 6) is -3.19. The molecular weight excluding hydrogens is 865 g/mol. The zero-order valence-corrected chi connectivity index (χ0v) is 40.2. The summed E-state index contributed by atoms with van der Waals surface area (Å²) in [5, 5.41) is 25.8. The molecule has 1 aliphatic rings. The van der Waals surface area contributed by atoms with Crippen LogP contribution in [0.4, 0.5) is 5.69 Å². The molecule has 0 aromatic carbocycles. The van der Waals surface area contributed by atoms with Crippen LogP contribution in [-0.4, -0.2) is 70.6 Å². The first kappa shape index (κ1) is 50.4. The number of pyridine rings is 5. The number of aliphatic carboxylic acids is 2. The third kappa shape index (κ3) is 12.3. The van der Waals surface area contributed by atoms with Gasteiger partial charge in [0.1, 0.15) is 12.1 Å². The quantitative estimate of drug-likeness (QED) is 0.0637. The molecule has 4 N–H and O–H groups in total. The molecule has 1 aliphatic heterocycles. The van der Waals surface area contributed by atoms with Gasteiger partial charge >= 0.3 is 11.9 Å². The summed E-state index contributed by atoms with van der Waals surface area (Å²) in [4.78, 5) is 95.1. The number of hydrogen-bond acceptors (Lipinski definition) is 10. The van der Waals surface area contributed by atoms with Crippen molar-refractivity contribution in [2.45, 2.75) is 130 Å². The fourth-order valence-electron chi connectivity index (χ4n) is 9.50. The highest BCUT2D eigenvalue weighted by Gasteiger charge is 2.33. The second-order valence-corrected chi connectivity index (χ2v) is 19.1. The molecule has 5 aromatic heterocycles. The van der Waals surface area contributed by atoms with Crippen LogP contribution in [0.2, 0.25) is 0 Å². The number of carbonyl (C=O) groups is 4. The van der Waals surface area contributed by atoms with Gasteiger partial charge in [-0.1, -0.05) is 27.7 Å². The number of carbonyl (C=O) groups excluding carboxylic acids is 2. The first-order chi connectivity index (χ1) is 32.3. The van der Waals surface area contributed by atoms with E-state index in [2.05, 4.69) is 37.4 Å². The largest absolute Gasteiger partial charge is 0.481 e. The van der Waals surface area contributed by atoms with Crippen LogP contribution in [0, 0.1) is 32.6 Å². The van der Waals surface area contributed by atoms with Crippen LogP contribution < -0.4 is 26.7 Å². The minimum Gasteiger partial charge on any atom is -0.481 e. The van der Waals surface area contributed by atoms with E-state index in [0.29, 0.717) is 30.5 Å². The van der Waals surface area contributed by atoms with Gasteiger partial charge in [-0.25, -0.2) is 0 Å². The van der Waals surface area contributed by atoms with Crippen molar-refractivity contribution in [3.63, 3.8) is 0 Å². The smallest absolute Gasteiger partial charge is 0.305 e. The van der Waals surface area contributed by atoms with Crippen molar-refractivity contribution in [2.24, 2.45) is 11.8 Å². The number of amides is 2. The van der Waals surface area contributed by atoms with Gasteiger partial charge in [-0.3, -0.25) is 43.7 Å². The van der Waals surface area contributed by atoms with Crippen LogP contribution in [0.15, 0.2) is 95.6 Å². The maximum Gasteiger partial charge on any atom is 0.305 e. The molecule has 1 fully saturated rings. The third-order valence-corrected chi connectivity index (χ3v) is 12.8. The van der Waals surface area contributed by atoms with Gasteiger partial charge in [0.2, 0.25) is 11.8 Å². The summed E-state index contributed by atoms with van der Waals surface area (Å²) in [6.45, 7) is 16.2. The highest BCUT2D eigenvalue weighted by atomic mass is 16.4. The second kappa shape index (κ2) is 22.2. The molecule has 0 saturated carbocycles. The average Bonchev–Trinajstić information content (AvgIpc) is 3.27. The number of aryl methyl sites for hydroxylation is 3. The molecule has 6 atom stereocenters. The summed E-state index contributed by atoms with van der Waals surface area (Å²) in [5.41, 5.74) is 6.17. The Morgan fingerprint density at radius 2 is 1.21 bits per heavy atom. The Balaban J connectivity index is 1.23. The lowest BCUT2D eigenvalue weighted by Crippen LogP contribution is -2.43. The lowest BCUT2D eigenvalue weighted by Gasteiger charge is -2.41. The van der Waals surface area contributed by atoms with Crippen LogP contribution in [0.25, 0.3) is 11.1 Å². The normalized spacial score (nSPS) is 16.8. The van der Waals surface area contributed by atoms with Crippen molar-refractivity contribution in [1.82, 2.24) is 34.7 Å². The van der Waals surface area contributed by atoms with E-state index >= 15 is 0 Å². The number of nitrogens with zero attached hydrogens (tertiary/aromatic N) is 6. The molecule has 0 radical (unpaired) electrons. The van der Waals surface area contributed by atoms with Gasteiger partial charge in [-0.2, -0.15) is 0 Å². The number of rotatable bonds is 19. The van der Waals surface area contributed by atoms with Crippen molar-refractivity contribution in [1.29, 1.82) is 0 Å². The van der Waals surface area contributed by atoms with E-state index in [9.17, 15) is 39.0 Å². The van der Waals surface area contributed by atoms with Gasteiger partial charge in [-0.15, -0.1) is 0 Å². The molecule has 16 nitrogen and oxygen atoms in total. The van der Waals surface area contributed by atoms with Crippen molar-refractivity contribution < 1.29 is 29.4 Å². The summed E-state index contributed by atoms with van der Waals surface area (Å²) in [7, 11) is 0. The van der Waals surface area contributed by atoms with E-state index in [-0.39, 0.29) is 34.9 Å². The summed E-state index contributed by atoms with van der Waals surface area (Å²) in [6.07, 6.45) is 14.7. The first-order valence-corrected chi connectivity index (χ1v) is 23.3. The zero-order chi connectivity index (χ0) is 49.4. The molecule has 1 saturated heterocycles. The van der Waals surface area contributed by atoms with Gasteiger partial charge in [0.05, 0.1) is 36.8 Å². The third-order valence-electron chi connectivity index (χ3n) is 12.8. The zero-order valence-electron chi connectivity index (χ0n) is 40.2. The van der Waals surface area contributed by atoms with Gasteiger partial charge < -0.3 is 34.9 Å². The molecule has 6 heterocycles. The van der Waals surface area contributed by atoms with E-state index in [1.807, 2.05) is 59.7 Å². The monoisotopic (exact) mass is 928 g/mol. The number of nitrogens with one attached hydrogen (secondary N) is 2. The molecule has 68 heavy (non-hydrogen) atoms. The van der Waals surface area contributed by atoms with Gasteiger partial charge in [0.25, 0.3) is 11.1 Å². The molecule has 2 amide bonds. The minimum absolute atomic E-state index is 0.0110. The molecule has 360 valence electrons. The molecule has 16 heteroatoms. The lowest BCUT2D eigenvalue weighted by molar-refractivity contribution is -0.139. The highest BCUT2D eigenvalue weighted by molar-refractivity contribution is 5.82. The van der Waals surface area contributed by atoms with Crippen LogP contribution in [0.3, 0.4) is 0 Å². The van der Waals surface area contributed by atoms with Gasteiger partial charge in [0.15, 0.2) is 0 Å². The van der Waals surface area contributed by atoms with Crippen LogP contribution in [0.1, 0.15) is 137 Å². The Morgan fingerprint density at radius 1 is 0.691 bits per heavy atom. The molecule has 0 aliphatic carbocycles. The van der Waals surface area contributed by atoms with Crippen LogP contribution in [-0.2, 0) is 19.2 Å². The number of piperidine rings is 1.